The first-order chi connectivity index (χ1) is 8.20. The Morgan fingerprint density at radius 3 is 2.50 bits per heavy atom. The third-order valence-electron chi connectivity index (χ3n) is 3.71. The number of carboxylic acids is 1. The van der Waals surface area contributed by atoms with E-state index in [0.29, 0.717) is 6.54 Å². The molecule has 0 saturated heterocycles. The number of hydrogen-bond donors (Lipinski definition) is 2. The molecule has 0 aliphatic heterocycles. The smallest absolute Gasteiger partial charge is 0.310 e. The minimum absolute atomic E-state index is 0.505. The van der Waals surface area contributed by atoms with Crippen LogP contribution in [0.3, 0.4) is 0 Å². The van der Waals surface area contributed by atoms with Crippen molar-refractivity contribution in [2.45, 2.75) is 53.1 Å². The average molecular weight is 270 g/mol. The predicted octanol–water partition coefficient (Wildman–Crippen LogP) is 2.68. The maximum Gasteiger partial charge on any atom is 0.310 e. The molecule has 102 valence electrons. The van der Waals surface area contributed by atoms with Crippen LogP contribution in [0.1, 0.15) is 45.3 Å². The summed E-state index contributed by atoms with van der Waals surface area (Å²) in [6, 6.07) is 0. The van der Waals surface area contributed by atoms with Crippen molar-refractivity contribution in [3.63, 3.8) is 0 Å². The maximum absolute atomic E-state index is 11.3. The Kier molecular flexibility index (Phi) is 4.50. The summed E-state index contributed by atoms with van der Waals surface area (Å²) < 4.78 is 0. The quantitative estimate of drug-likeness (QED) is 0.834. The molecule has 0 fully saturated rings. The van der Waals surface area contributed by atoms with E-state index in [4.69, 9.17) is 0 Å². The van der Waals surface area contributed by atoms with Crippen LogP contribution in [-0.4, -0.2) is 21.6 Å². The van der Waals surface area contributed by atoms with E-state index in [1.807, 2.05) is 19.2 Å². The van der Waals surface area contributed by atoms with Crippen molar-refractivity contribution in [1.82, 2.24) is 10.3 Å². The first-order valence-electron chi connectivity index (χ1n) is 6.12. The molecule has 1 aromatic rings. The van der Waals surface area contributed by atoms with Gasteiger partial charge < -0.3 is 10.4 Å². The normalized spacial score (nSPS) is 12.7. The number of carboxylic acid groups (broad SMARTS) is 1. The van der Waals surface area contributed by atoms with Crippen LogP contribution in [0, 0.1) is 5.41 Å². The number of aliphatic carboxylic acids is 1. The van der Waals surface area contributed by atoms with Crippen LogP contribution < -0.4 is 5.32 Å². The molecule has 0 unspecified atom stereocenters. The van der Waals surface area contributed by atoms with E-state index < -0.39 is 16.9 Å². The number of rotatable bonds is 6. The second kappa shape index (κ2) is 5.36. The number of nitrogens with one attached hydrogen (secondary N) is 1. The molecule has 0 atom stereocenters. The van der Waals surface area contributed by atoms with Crippen molar-refractivity contribution in [3.05, 3.63) is 16.1 Å². The molecule has 4 nitrogen and oxygen atoms in total. The number of carbonyl (C=O) groups is 1. The number of aryl methyl sites for hydroxylation is 1. The highest BCUT2D eigenvalue weighted by Crippen LogP contribution is 2.31. The minimum Gasteiger partial charge on any atom is -0.481 e. The highest BCUT2D eigenvalue weighted by Gasteiger charge is 2.43. The van der Waals surface area contributed by atoms with Crippen molar-refractivity contribution in [1.29, 1.82) is 0 Å². The van der Waals surface area contributed by atoms with Crippen molar-refractivity contribution in [2.24, 2.45) is 5.41 Å². The van der Waals surface area contributed by atoms with Gasteiger partial charge in [0.15, 0.2) is 0 Å². The van der Waals surface area contributed by atoms with Gasteiger partial charge in [0.2, 0.25) is 0 Å². The summed E-state index contributed by atoms with van der Waals surface area (Å²) in [7, 11) is 0. The van der Waals surface area contributed by atoms with Gasteiger partial charge in [0.1, 0.15) is 0 Å². The zero-order valence-corrected chi connectivity index (χ0v) is 12.5. The van der Waals surface area contributed by atoms with E-state index in [9.17, 15) is 9.90 Å². The van der Waals surface area contributed by atoms with Crippen LogP contribution in [0.25, 0.3) is 0 Å². The summed E-state index contributed by atoms with van der Waals surface area (Å²) in [5, 5.41) is 15.7. The summed E-state index contributed by atoms with van der Waals surface area (Å²) in [6.07, 6.45) is 0.939. The first-order valence-corrected chi connectivity index (χ1v) is 7.00. The van der Waals surface area contributed by atoms with Gasteiger partial charge in [-0.3, -0.25) is 4.79 Å². The number of thiazole rings is 1. The van der Waals surface area contributed by atoms with E-state index >= 15 is 0 Å². The van der Waals surface area contributed by atoms with Crippen LogP contribution in [0.2, 0.25) is 0 Å². The van der Waals surface area contributed by atoms with Gasteiger partial charge in [-0.25, -0.2) is 4.98 Å². The number of nitrogens with zero attached hydrogens (tertiary/aromatic N) is 1. The average Bonchev–Trinajstić information content (AvgIpc) is 2.74. The molecule has 1 heterocycles. The highest BCUT2D eigenvalue weighted by atomic mass is 32.1. The van der Waals surface area contributed by atoms with Crippen molar-refractivity contribution < 1.29 is 9.90 Å². The van der Waals surface area contributed by atoms with Crippen LogP contribution in [0.4, 0.5) is 0 Å². The molecule has 0 spiro atoms. The molecule has 0 aliphatic carbocycles. The summed E-state index contributed by atoms with van der Waals surface area (Å²) in [5.41, 5.74) is -0.364. The molecule has 0 radical (unpaired) electrons. The molecule has 0 amide bonds. The summed E-state index contributed by atoms with van der Waals surface area (Å²) in [5.74, 6) is -0.799. The van der Waals surface area contributed by atoms with Crippen molar-refractivity contribution >= 4 is 17.3 Å². The molecule has 5 heteroatoms. The lowest BCUT2D eigenvalue weighted by Crippen LogP contribution is -2.54. The Balaban J connectivity index is 2.69. The largest absolute Gasteiger partial charge is 0.481 e. The molecule has 1 aromatic heterocycles. The molecular formula is C13H22N2O2S. The third-order valence-corrected chi connectivity index (χ3v) is 4.75. The Bertz CT molecular complexity index is 424. The van der Waals surface area contributed by atoms with E-state index in [1.54, 1.807) is 25.2 Å². The van der Waals surface area contributed by atoms with Gasteiger partial charge in [0.05, 0.1) is 16.1 Å². The highest BCUT2D eigenvalue weighted by molar-refractivity contribution is 7.09. The molecule has 1 rings (SSSR count). The van der Waals surface area contributed by atoms with Gasteiger partial charge in [-0.15, -0.1) is 11.3 Å². The van der Waals surface area contributed by atoms with Gasteiger partial charge in [-0.2, -0.15) is 0 Å². The Labute approximate surface area is 112 Å². The fourth-order valence-corrected chi connectivity index (χ4v) is 2.14. The summed E-state index contributed by atoms with van der Waals surface area (Å²) >= 11 is 1.65. The van der Waals surface area contributed by atoms with Crippen LogP contribution in [0.15, 0.2) is 5.38 Å². The van der Waals surface area contributed by atoms with Crippen molar-refractivity contribution in [2.75, 3.05) is 0 Å². The Morgan fingerprint density at radius 2 is 2.06 bits per heavy atom. The zero-order chi connectivity index (χ0) is 14.0. The van der Waals surface area contributed by atoms with Gasteiger partial charge in [-0.1, -0.05) is 6.92 Å². The van der Waals surface area contributed by atoms with E-state index in [2.05, 4.69) is 17.2 Å². The topological polar surface area (TPSA) is 62.2 Å². The molecule has 18 heavy (non-hydrogen) atoms. The lowest BCUT2D eigenvalue weighted by atomic mass is 9.74. The van der Waals surface area contributed by atoms with Gasteiger partial charge >= 0.3 is 5.97 Å². The Morgan fingerprint density at radius 1 is 1.44 bits per heavy atom. The minimum atomic E-state index is -0.837. The summed E-state index contributed by atoms with van der Waals surface area (Å²) in [4.78, 5) is 15.7. The number of hydrogen-bond acceptors (Lipinski definition) is 4. The predicted molar refractivity (Wildman–Crippen MR) is 73.8 cm³/mol. The fourth-order valence-electron chi connectivity index (χ4n) is 1.39. The lowest BCUT2D eigenvalue weighted by molar-refractivity contribution is -0.151. The standard InChI is InChI=1S/C13H22N2O2S/c1-6-10-15-9(8-18-10)7-14-13(4,5)12(2,3)11(16)17/h8,14H,6-7H2,1-5H3,(H,16,17). The Hall–Kier alpha value is -0.940. The van der Waals surface area contributed by atoms with Crippen LogP contribution in [-0.2, 0) is 17.8 Å². The second-order valence-corrected chi connectivity index (χ2v) is 6.44. The fraction of sp³-hybridized carbons (Fsp3) is 0.692. The molecule has 0 bridgehead atoms. The third kappa shape index (κ3) is 3.09. The van der Waals surface area contributed by atoms with Gasteiger partial charge in [0.25, 0.3) is 0 Å². The van der Waals surface area contributed by atoms with Gasteiger partial charge in [-0.05, 0) is 34.1 Å². The molecule has 0 saturated carbocycles. The monoisotopic (exact) mass is 270 g/mol. The summed E-state index contributed by atoms with van der Waals surface area (Å²) in [6.45, 7) is 9.97. The van der Waals surface area contributed by atoms with E-state index in [-0.39, 0.29) is 0 Å². The van der Waals surface area contributed by atoms with Crippen LogP contribution in [0.5, 0.6) is 0 Å². The first kappa shape index (κ1) is 15.1. The molecule has 0 aromatic carbocycles. The lowest BCUT2D eigenvalue weighted by Gasteiger charge is -2.38. The van der Waals surface area contributed by atoms with E-state index in [0.717, 1.165) is 17.1 Å². The molecule has 2 N–H and O–H groups in total. The maximum atomic E-state index is 11.3. The second-order valence-electron chi connectivity index (χ2n) is 5.49. The van der Waals surface area contributed by atoms with E-state index in [1.165, 1.54) is 0 Å². The molecule has 0 aliphatic rings. The SMILES string of the molecule is CCc1nc(CNC(C)(C)C(C)(C)C(=O)O)cs1. The number of aromatic nitrogens is 1. The van der Waals surface area contributed by atoms with Crippen molar-refractivity contribution in [3.8, 4) is 0 Å². The molecular weight excluding hydrogens is 248 g/mol. The van der Waals surface area contributed by atoms with Gasteiger partial charge in [0, 0.05) is 17.5 Å². The zero-order valence-electron chi connectivity index (χ0n) is 11.7. The van der Waals surface area contributed by atoms with Crippen LogP contribution >= 0.6 is 11.3 Å².